The van der Waals surface area contributed by atoms with Crippen molar-refractivity contribution >= 4 is 40.5 Å². The van der Waals surface area contributed by atoms with Gasteiger partial charge >= 0.3 is 0 Å². The van der Waals surface area contributed by atoms with Gasteiger partial charge in [0.05, 0.1) is 24.0 Å². The third-order valence-corrected chi connectivity index (χ3v) is 5.67. The number of nitrogen functional groups attached to an aromatic ring is 1. The van der Waals surface area contributed by atoms with Gasteiger partial charge in [-0.25, -0.2) is 8.78 Å². The lowest BCUT2D eigenvalue weighted by molar-refractivity contribution is -0.135. The van der Waals surface area contributed by atoms with Crippen molar-refractivity contribution in [1.29, 1.82) is 5.26 Å². The monoisotopic (exact) mass is 554 g/mol. The fraction of sp³-hybridized carbons (Fsp3) is 0.379. The minimum atomic E-state index is -0.667. The van der Waals surface area contributed by atoms with Crippen LogP contribution in [0.1, 0.15) is 32.9 Å². The van der Waals surface area contributed by atoms with Crippen molar-refractivity contribution in [2.75, 3.05) is 31.2 Å². The molecule has 11 heteroatoms. The first-order valence-electron chi connectivity index (χ1n) is 12.8. The third kappa shape index (κ3) is 9.38. The molecular weight excluding hydrogens is 518 g/mol. The molecule has 1 aromatic heterocycles. The normalized spacial score (nSPS) is 15.8. The van der Waals surface area contributed by atoms with Crippen LogP contribution in [0.4, 0.5) is 20.2 Å². The number of nitrogens with two attached hydrogens (primary N) is 1. The van der Waals surface area contributed by atoms with Crippen LogP contribution in [0, 0.1) is 41.7 Å². The Morgan fingerprint density at radius 2 is 1.85 bits per heavy atom. The van der Waals surface area contributed by atoms with Crippen molar-refractivity contribution < 1.29 is 23.2 Å². The van der Waals surface area contributed by atoms with E-state index in [1.165, 1.54) is 22.9 Å². The molecule has 1 aliphatic heterocycles. The summed E-state index contributed by atoms with van der Waals surface area (Å²) >= 11 is 0. The van der Waals surface area contributed by atoms with Crippen LogP contribution >= 0.6 is 0 Å². The van der Waals surface area contributed by atoms with E-state index in [0.717, 1.165) is 17.7 Å². The van der Waals surface area contributed by atoms with Crippen molar-refractivity contribution in [3.8, 4) is 6.07 Å². The van der Waals surface area contributed by atoms with E-state index in [4.69, 9.17) is 5.73 Å². The van der Waals surface area contributed by atoms with Gasteiger partial charge in [-0.1, -0.05) is 20.8 Å². The Morgan fingerprint density at radius 3 is 2.42 bits per heavy atom. The van der Waals surface area contributed by atoms with Crippen molar-refractivity contribution in [2.45, 2.75) is 40.2 Å². The number of rotatable bonds is 5. The average molecular weight is 555 g/mol. The second kappa shape index (κ2) is 14.6. The lowest BCUT2D eigenvalue weighted by atomic mass is 10.1. The Morgan fingerprint density at radius 1 is 1.23 bits per heavy atom. The van der Waals surface area contributed by atoms with E-state index in [9.17, 15) is 28.4 Å². The number of nitrogens with one attached hydrogen (secondary N) is 2. The summed E-state index contributed by atoms with van der Waals surface area (Å²) in [5.74, 6) is -1.31. The third-order valence-electron chi connectivity index (χ3n) is 5.67. The second-order valence-electron chi connectivity index (χ2n) is 10.3. The molecule has 3 aromatic rings. The summed E-state index contributed by atoms with van der Waals surface area (Å²) in [6.07, 6.45) is 0.814. The fourth-order valence-electron chi connectivity index (χ4n) is 3.88. The molecule has 1 saturated heterocycles. The SMILES string of the molecule is CC(C)C.CN(C=O)CC(=O)N1CC(C(=O)Nc2ccc(N)cc2)CC1C#N.Cc1cc2c(F)cc(F)cc2[nH]1. The van der Waals surface area contributed by atoms with Crippen LogP contribution in [0.5, 0.6) is 0 Å². The first-order chi connectivity index (χ1) is 18.8. The summed E-state index contributed by atoms with van der Waals surface area (Å²) in [7, 11) is 1.48. The molecule has 9 nitrogen and oxygen atoms in total. The van der Waals surface area contributed by atoms with Gasteiger partial charge in [0.2, 0.25) is 18.2 Å². The van der Waals surface area contributed by atoms with E-state index in [0.29, 0.717) is 28.7 Å². The molecule has 1 fully saturated rings. The van der Waals surface area contributed by atoms with Crippen molar-refractivity contribution in [3.05, 3.63) is 59.8 Å². The highest BCUT2D eigenvalue weighted by molar-refractivity contribution is 5.94. The first kappa shape index (κ1) is 31.8. The van der Waals surface area contributed by atoms with Gasteiger partial charge in [-0.3, -0.25) is 14.4 Å². The molecule has 0 radical (unpaired) electrons. The number of hydrogen-bond acceptors (Lipinski definition) is 5. The molecule has 2 unspecified atom stereocenters. The quantitative estimate of drug-likeness (QED) is 0.316. The number of nitriles is 1. The minimum absolute atomic E-state index is 0.117. The molecular formula is C29H36F2N6O3. The predicted molar refractivity (Wildman–Crippen MR) is 151 cm³/mol. The molecule has 1 aliphatic rings. The minimum Gasteiger partial charge on any atom is -0.399 e. The standard InChI is InChI=1S/C16H19N5O3.C9H7F2N.C4H10/c1-20(10-22)9-15(23)21-8-11(6-14(21)7-17)16(24)19-13-4-2-12(18)3-5-13;1-5-2-7-8(11)3-6(10)4-9(7)12-5;1-4(2)3/h2-5,10-11,14H,6,8-9,18H2,1H3,(H,19,24);2-4,12H,1H3;4H,1-3H3. The van der Waals surface area contributed by atoms with Crippen LogP contribution in [0.25, 0.3) is 10.9 Å². The number of halogens is 2. The number of carbonyl (C=O) groups is 3. The highest BCUT2D eigenvalue weighted by atomic mass is 19.1. The van der Waals surface area contributed by atoms with Crippen LogP contribution < -0.4 is 11.1 Å². The molecule has 2 atom stereocenters. The number of H-pyrrole nitrogens is 1. The van der Waals surface area contributed by atoms with E-state index in [1.54, 1.807) is 37.3 Å². The van der Waals surface area contributed by atoms with Gasteiger partial charge in [0.25, 0.3) is 0 Å². The molecule has 4 rings (SSSR count). The summed E-state index contributed by atoms with van der Waals surface area (Å²) in [6.45, 7) is 8.34. The zero-order valence-electron chi connectivity index (χ0n) is 23.4. The van der Waals surface area contributed by atoms with Gasteiger partial charge in [0.1, 0.15) is 17.7 Å². The maximum Gasteiger partial charge on any atom is 0.243 e. The molecule has 4 N–H and O–H groups in total. The lowest BCUT2D eigenvalue weighted by Gasteiger charge is -2.21. The number of hydrogen-bond donors (Lipinski definition) is 3. The maximum absolute atomic E-state index is 13.0. The number of fused-ring (bicyclic) bond motifs is 1. The van der Waals surface area contributed by atoms with Gasteiger partial charge < -0.3 is 25.8 Å². The number of aromatic amines is 1. The number of anilines is 2. The molecule has 2 aromatic carbocycles. The summed E-state index contributed by atoms with van der Waals surface area (Å²) in [5.41, 5.74) is 8.13. The molecule has 2 heterocycles. The average Bonchev–Trinajstić information content (AvgIpc) is 3.49. The van der Waals surface area contributed by atoms with E-state index < -0.39 is 23.6 Å². The smallest absolute Gasteiger partial charge is 0.243 e. The Labute approximate surface area is 232 Å². The van der Waals surface area contributed by atoms with E-state index >= 15 is 0 Å². The lowest BCUT2D eigenvalue weighted by Crippen LogP contribution is -2.41. The van der Waals surface area contributed by atoms with Crippen LogP contribution in [-0.2, 0) is 14.4 Å². The largest absolute Gasteiger partial charge is 0.399 e. The Balaban J connectivity index is 0.000000288. The summed E-state index contributed by atoms with van der Waals surface area (Å²) < 4.78 is 25.6. The number of nitrogens with zero attached hydrogens (tertiary/aromatic N) is 3. The van der Waals surface area contributed by atoms with Gasteiger partial charge in [0, 0.05) is 42.1 Å². The zero-order chi connectivity index (χ0) is 30.0. The molecule has 40 heavy (non-hydrogen) atoms. The highest BCUT2D eigenvalue weighted by Gasteiger charge is 2.38. The molecule has 214 valence electrons. The molecule has 3 amide bonds. The molecule has 0 saturated carbocycles. The predicted octanol–water partition coefficient (Wildman–Crippen LogP) is 4.45. The van der Waals surface area contributed by atoms with E-state index in [2.05, 4.69) is 31.1 Å². The van der Waals surface area contributed by atoms with Crippen molar-refractivity contribution in [3.63, 3.8) is 0 Å². The molecule has 0 aliphatic carbocycles. The number of carbonyl (C=O) groups excluding carboxylic acids is 3. The topological polar surface area (TPSA) is 135 Å². The first-order valence-corrected chi connectivity index (χ1v) is 12.8. The summed E-state index contributed by atoms with van der Waals surface area (Å²) in [4.78, 5) is 40.6. The summed E-state index contributed by atoms with van der Waals surface area (Å²) in [5, 5.41) is 12.4. The number of aromatic nitrogens is 1. The fourth-order valence-corrected chi connectivity index (χ4v) is 3.88. The van der Waals surface area contributed by atoms with Crippen molar-refractivity contribution in [1.82, 2.24) is 14.8 Å². The Hall–Kier alpha value is -4.46. The zero-order valence-corrected chi connectivity index (χ0v) is 23.4. The summed E-state index contributed by atoms with van der Waals surface area (Å²) in [6, 6.07) is 11.9. The molecule has 0 bridgehead atoms. The Kier molecular flexibility index (Phi) is 11.6. The van der Waals surface area contributed by atoms with Crippen LogP contribution in [-0.4, -0.2) is 59.2 Å². The van der Waals surface area contributed by atoms with Gasteiger partial charge in [-0.2, -0.15) is 5.26 Å². The van der Waals surface area contributed by atoms with E-state index in [-0.39, 0.29) is 31.3 Å². The van der Waals surface area contributed by atoms with Crippen LogP contribution in [0.2, 0.25) is 0 Å². The number of aryl methyl sites for hydroxylation is 1. The van der Waals surface area contributed by atoms with E-state index in [1.807, 2.05) is 6.07 Å². The molecule has 0 spiro atoms. The number of likely N-dealkylation sites (tertiary alicyclic amines) is 1. The van der Waals surface area contributed by atoms with Gasteiger partial charge in [0.15, 0.2) is 0 Å². The van der Waals surface area contributed by atoms with Crippen LogP contribution in [0.3, 0.4) is 0 Å². The highest BCUT2D eigenvalue weighted by Crippen LogP contribution is 2.25. The van der Waals surface area contributed by atoms with Crippen molar-refractivity contribution in [2.24, 2.45) is 11.8 Å². The number of likely N-dealkylation sites (N-methyl/N-ethyl adjacent to an activating group) is 1. The number of amides is 3. The van der Waals surface area contributed by atoms with Crippen LogP contribution in [0.15, 0.2) is 42.5 Å². The maximum atomic E-state index is 13.0. The number of benzene rings is 2. The van der Waals surface area contributed by atoms with Gasteiger partial charge in [-0.05, 0) is 55.7 Å². The second-order valence-corrected chi connectivity index (χ2v) is 10.3. The Bertz CT molecular complexity index is 1350. The van der Waals surface area contributed by atoms with Gasteiger partial charge in [-0.15, -0.1) is 0 Å².